The van der Waals surface area contributed by atoms with Crippen molar-refractivity contribution in [1.82, 2.24) is 14.8 Å². The van der Waals surface area contributed by atoms with Gasteiger partial charge in [-0.25, -0.2) is 9.98 Å². The predicted molar refractivity (Wildman–Crippen MR) is 158 cm³/mol. The fraction of sp³-hybridized carbons (Fsp3) is 0.0625. The van der Waals surface area contributed by atoms with Crippen molar-refractivity contribution in [2.75, 3.05) is 11.9 Å². The number of nitrogens with zero attached hydrogens (tertiary/aromatic N) is 6. The van der Waals surface area contributed by atoms with Crippen LogP contribution in [0.3, 0.4) is 0 Å². The highest BCUT2D eigenvalue weighted by Crippen LogP contribution is 2.38. The van der Waals surface area contributed by atoms with Gasteiger partial charge in [0.25, 0.3) is 0 Å². The molecule has 0 atom stereocenters. The van der Waals surface area contributed by atoms with Crippen molar-refractivity contribution in [3.63, 3.8) is 0 Å². The monoisotopic (exact) mass is 526 g/mol. The number of fused-ring (bicyclic) bond motifs is 1. The smallest absolute Gasteiger partial charge is 0.182 e. The lowest BCUT2D eigenvalue weighted by Crippen LogP contribution is -2.12. The summed E-state index contributed by atoms with van der Waals surface area (Å²) in [5.41, 5.74) is 6.51. The molecule has 5 aromatic rings. The van der Waals surface area contributed by atoms with Crippen LogP contribution in [-0.4, -0.2) is 27.6 Å². The van der Waals surface area contributed by atoms with Gasteiger partial charge in [0.1, 0.15) is 11.6 Å². The van der Waals surface area contributed by atoms with E-state index in [1.54, 1.807) is 4.68 Å². The number of hydrogen-bond donors (Lipinski definition) is 0. The molecule has 0 N–H and O–H groups in total. The number of aryl methyl sites for hydroxylation is 1. The Bertz CT molecular complexity index is 1780. The molecule has 0 amide bonds. The molecule has 0 fully saturated rings. The molecule has 0 saturated heterocycles. The summed E-state index contributed by atoms with van der Waals surface area (Å²) in [7, 11) is 1.99. The van der Waals surface area contributed by atoms with Gasteiger partial charge in [0.2, 0.25) is 0 Å². The number of aliphatic imine (C=N–C) groups is 1. The summed E-state index contributed by atoms with van der Waals surface area (Å²) < 4.78 is 1.65. The molecule has 1 aliphatic rings. The van der Waals surface area contributed by atoms with E-state index in [-0.39, 0.29) is 0 Å². The number of benzene rings is 4. The third-order valence-corrected chi connectivity index (χ3v) is 6.98. The number of aromatic nitrogens is 3. The number of nitriles is 1. The van der Waals surface area contributed by atoms with Crippen molar-refractivity contribution in [2.24, 2.45) is 4.99 Å². The van der Waals surface area contributed by atoms with Crippen molar-refractivity contribution in [3.05, 3.63) is 125 Å². The molecule has 0 spiro atoms. The number of rotatable bonds is 5. The van der Waals surface area contributed by atoms with Gasteiger partial charge in [0, 0.05) is 29.6 Å². The first-order valence-electron chi connectivity index (χ1n) is 12.5. The van der Waals surface area contributed by atoms with Crippen LogP contribution < -0.4 is 4.90 Å². The summed E-state index contributed by atoms with van der Waals surface area (Å²) in [5, 5.41) is 15.5. The third-order valence-electron chi connectivity index (χ3n) is 6.68. The molecule has 6 rings (SSSR count). The second-order valence-corrected chi connectivity index (χ2v) is 9.64. The van der Waals surface area contributed by atoms with E-state index in [1.807, 2.05) is 117 Å². The maximum absolute atomic E-state index is 10.2. The summed E-state index contributed by atoms with van der Waals surface area (Å²) in [5.74, 6) is 1.50. The standard InChI is InChI=1S/C32H23ClN6/c1-21-13-15-23(16-14-21)30-36-31-26(20-34)29(22-9-5-3-6-10-22)32(39(31)37-30)35-28-18-17-25(19-27(28)33)38(2)24-11-7-4-8-12-24/h3-19H,1-2H3. The molecule has 0 saturated carbocycles. The Hall–Kier alpha value is -4.99. The minimum Gasteiger partial charge on any atom is -0.345 e. The van der Waals surface area contributed by atoms with Crippen LogP contribution in [0.5, 0.6) is 0 Å². The Morgan fingerprint density at radius 1 is 0.846 bits per heavy atom. The summed E-state index contributed by atoms with van der Waals surface area (Å²) >= 11 is 6.79. The largest absolute Gasteiger partial charge is 0.345 e. The van der Waals surface area contributed by atoms with Crippen molar-refractivity contribution in [1.29, 1.82) is 5.26 Å². The fourth-order valence-corrected chi connectivity index (χ4v) is 4.79. The van der Waals surface area contributed by atoms with Gasteiger partial charge < -0.3 is 4.90 Å². The quantitative estimate of drug-likeness (QED) is 0.235. The average molecular weight is 527 g/mol. The Balaban J connectivity index is 1.48. The molecule has 0 radical (unpaired) electrons. The summed E-state index contributed by atoms with van der Waals surface area (Å²) in [4.78, 5) is 11.8. The molecule has 7 heteroatoms. The van der Waals surface area contributed by atoms with Crippen molar-refractivity contribution >= 4 is 45.6 Å². The van der Waals surface area contributed by atoms with Crippen molar-refractivity contribution < 1.29 is 0 Å². The summed E-state index contributed by atoms with van der Waals surface area (Å²) in [6, 6.07) is 35.9. The van der Waals surface area contributed by atoms with Crippen LogP contribution in [0.15, 0.2) is 108 Å². The van der Waals surface area contributed by atoms with Gasteiger partial charge in [-0.15, -0.1) is 5.10 Å². The number of anilines is 2. The number of allylic oxidation sites excluding steroid dienone is 2. The first-order chi connectivity index (χ1) is 19.0. The maximum atomic E-state index is 10.2. The molecule has 188 valence electrons. The highest BCUT2D eigenvalue weighted by Gasteiger charge is 2.33. The lowest BCUT2D eigenvalue weighted by molar-refractivity contribution is 0.938. The molecule has 6 nitrogen and oxygen atoms in total. The number of halogens is 1. The molecule has 39 heavy (non-hydrogen) atoms. The molecule has 0 aliphatic carbocycles. The highest BCUT2D eigenvalue weighted by molar-refractivity contribution is 6.37. The van der Waals surface area contributed by atoms with E-state index in [2.05, 4.69) is 11.0 Å². The van der Waals surface area contributed by atoms with E-state index in [0.717, 1.165) is 28.1 Å². The molecular formula is C32H23ClN6. The van der Waals surface area contributed by atoms with Crippen molar-refractivity contribution in [2.45, 2.75) is 6.92 Å². The average Bonchev–Trinajstić information content (AvgIpc) is 3.52. The molecule has 4 aromatic carbocycles. The SMILES string of the molecule is Cc1ccc(-c2nc3n(n2)C(=Nc2ccc(N(C)c4ccccc4)cc2Cl)C(c2ccccc2)=C3C#N)cc1. The van der Waals surface area contributed by atoms with Crippen LogP contribution in [0.1, 0.15) is 17.0 Å². The van der Waals surface area contributed by atoms with Gasteiger partial charge in [-0.2, -0.15) is 9.94 Å². The van der Waals surface area contributed by atoms with E-state index < -0.39 is 0 Å². The van der Waals surface area contributed by atoms with Crippen LogP contribution in [0, 0.1) is 18.3 Å². The van der Waals surface area contributed by atoms with Gasteiger partial charge in [-0.05, 0) is 42.8 Å². The van der Waals surface area contributed by atoms with E-state index in [1.165, 1.54) is 0 Å². The van der Waals surface area contributed by atoms with E-state index >= 15 is 0 Å². The first kappa shape index (κ1) is 24.4. The molecule has 0 bridgehead atoms. The first-order valence-corrected chi connectivity index (χ1v) is 12.8. The Kier molecular flexibility index (Phi) is 6.28. The molecule has 1 aromatic heterocycles. The van der Waals surface area contributed by atoms with Gasteiger partial charge in [-0.1, -0.05) is 90.0 Å². The molecule has 2 heterocycles. The van der Waals surface area contributed by atoms with Gasteiger partial charge in [-0.3, -0.25) is 0 Å². The van der Waals surface area contributed by atoms with Gasteiger partial charge >= 0.3 is 0 Å². The molecule has 0 unspecified atom stereocenters. The summed E-state index contributed by atoms with van der Waals surface area (Å²) in [6.45, 7) is 2.03. The second kappa shape index (κ2) is 10.1. The van der Waals surface area contributed by atoms with Crippen LogP contribution >= 0.6 is 11.6 Å². The van der Waals surface area contributed by atoms with Gasteiger partial charge in [0.05, 0.1) is 10.7 Å². The zero-order valence-corrected chi connectivity index (χ0v) is 22.1. The zero-order valence-electron chi connectivity index (χ0n) is 21.4. The number of hydrogen-bond acceptors (Lipinski definition) is 5. The van der Waals surface area contributed by atoms with Gasteiger partial charge in [0.15, 0.2) is 17.5 Å². The van der Waals surface area contributed by atoms with Crippen LogP contribution in [0.2, 0.25) is 5.02 Å². The minimum atomic E-state index is 0.419. The molecular weight excluding hydrogens is 504 g/mol. The lowest BCUT2D eigenvalue weighted by Gasteiger charge is -2.20. The summed E-state index contributed by atoms with van der Waals surface area (Å²) in [6.07, 6.45) is 0. The fourth-order valence-electron chi connectivity index (χ4n) is 4.57. The predicted octanol–water partition coefficient (Wildman–Crippen LogP) is 7.70. The third kappa shape index (κ3) is 4.50. The van der Waals surface area contributed by atoms with Crippen LogP contribution in [0.4, 0.5) is 17.1 Å². The zero-order chi connectivity index (χ0) is 26.9. The van der Waals surface area contributed by atoms with E-state index in [9.17, 15) is 5.26 Å². The van der Waals surface area contributed by atoms with E-state index in [0.29, 0.717) is 39.3 Å². The van der Waals surface area contributed by atoms with E-state index in [4.69, 9.17) is 26.7 Å². The number of para-hydroxylation sites is 1. The Morgan fingerprint density at radius 2 is 1.54 bits per heavy atom. The second-order valence-electron chi connectivity index (χ2n) is 9.23. The highest BCUT2D eigenvalue weighted by atomic mass is 35.5. The van der Waals surface area contributed by atoms with Crippen molar-refractivity contribution in [3.8, 4) is 17.5 Å². The Morgan fingerprint density at radius 3 is 2.21 bits per heavy atom. The minimum absolute atomic E-state index is 0.419. The van der Waals surface area contributed by atoms with Crippen LogP contribution in [-0.2, 0) is 0 Å². The normalized spacial score (nSPS) is 13.4. The lowest BCUT2D eigenvalue weighted by atomic mass is 10.0. The van der Waals surface area contributed by atoms with Crippen LogP contribution in [0.25, 0.3) is 22.5 Å². The maximum Gasteiger partial charge on any atom is 0.182 e. The molecule has 1 aliphatic heterocycles. The topological polar surface area (TPSA) is 70.1 Å². The Labute approximate surface area is 231 Å².